The molecule has 0 fully saturated rings. The van der Waals surface area contributed by atoms with Crippen LogP contribution < -0.4 is 5.73 Å². The van der Waals surface area contributed by atoms with E-state index in [9.17, 15) is 4.79 Å². The monoisotopic (exact) mass is 258 g/mol. The smallest absolute Gasteiger partial charge is 0.222 e. The van der Waals surface area contributed by atoms with Crippen LogP contribution >= 0.6 is 0 Å². The van der Waals surface area contributed by atoms with E-state index in [0.29, 0.717) is 19.5 Å². The van der Waals surface area contributed by atoms with E-state index in [1.807, 2.05) is 31.3 Å². The Bertz CT molecular complexity index is 454. The number of hydrogen-bond acceptors (Lipinski definition) is 2. The molecule has 0 aliphatic rings. The molecule has 0 aliphatic heterocycles. The fourth-order valence-corrected chi connectivity index (χ4v) is 1.73. The minimum Gasteiger partial charge on any atom is -0.341 e. The van der Waals surface area contributed by atoms with Crippen LogP contribution in [-0.4, -0.2) is 24.4 Å². The Morgan fingerprint density at radius 3 is 2.58 bits per heavy atom. The SMILES string of the molecule is CCCCC(=O)N(C)Cc1ccc(C#CCN)cc1. The van der Waals surface area contributed by atoms with Crippen LogP contribution in [0.4, 0.5) is 0 Å². The molecule has 102 valence electrons. The Hall–Kier alpha value is -1.79. The third kappa shape index (κ3) is 5.58. The van der Waals surface area contributed by atoms with Crippen LogP contribution in [0.5, 0.6) is 0 Å². The summed E-state index contributed by atoms with van der Waals surface area (Å²) in [6.07, 6.45) is 2.64. The lowest BCUT2D eigenvalue weighted by molar-refractivity contribution is -0.130. The van der Waals surface area contributed by atoms with Crippen molar-refractivity contribution in [2.45, 2.75) is 32.7 Å². The van der Waals surface area contributed by atoms with E-state index in [1.165, 1.54) is 0 Å². The Kier molecular flexibility index (Phi) is 6.70. The molecule has 0 aromatic heterocycles. The molecule has 1 amide bonds. The third-order valence-corrected chi connectivity index (χ3v) is 2.88. The predicted molar refractivity (Wildman–Crippen MR) is 78.4 cm³/mol. The summed E-state index contributed by atoms with van der Waals surface area (Å²) in [6.45, 7) is 3.11. The molecule has 3 nitrogen and oxygen atoms in total. The fraction of sp³-hybridized carbons (Fsp3) is 0.438. The van der Waals surface area contributed by atoms with Gasteiger partial charge in [0, 0.05) is 25.6 Å². The molecule has 19 heavy (non-hydrogen) atoms. The first kappa shape index (κ1) is 15.3. The molecular weight excluding hydrogens is 236 g/mol. The number of rotatable bonds is 5. The molecule has 0 saturated carbocycles. The Labute approximate surface area is 115 Å². The van der Waals surface area contributed by atoms with Crippen LogP contribution in [0.1, 0.15) is 37.3 Å². The van der Waals surface area contributed by atoms with Crippen LogP contribution in [0.15, 0.2) is 24.3 Å². The van der Waals surface area contributed by atoms with Crippen molar-refractivity contribution in [3.63, 3.8) is 0 Å². The lowest BCUT2D eigenvalue weighted by Crippen LogP contribution is -2.25. The molecule has 0 saturated heterocycles. The van der Waals surface area contributed by atoms with Crippen LogP contribution in [0.25, 0.3) is 0 Å². The maximum absolute atomic E-state index is 11.8. The van der Waals surface area contributed by atoms with Gasteiger partial charge in [-0.3, -0.25) is 4.79 Å². The van der Waals surface area contributed by atoms with E-state index in [0.717, 1.165) is 24.0 Å². The minimum absolute atomic E-state index is 0.203. The van der Waals surface area contributed by atoms with Gasteiger partial charge in [-0.1, -0.05) is 37.3 Å². The summed E-state index contributed by atoms with van der Waals surface area (Å²) < 4.78 is 0. The van der Waals surface area contributed by atoms with Gasteiger partial charge in [0.05, 0.1) is 6.54 Å². The van der Waals surface area contributed by atoms with E-state index < -0.39 is 0 Å². The van der Waals surface area contributed by atoms with Gasteiger partial charge >= 0.3 is 0 Å². The molecule has 2 N–H and O–H groups in total. The van der Waals surface area contributed by atoms with Crippen LogP contribution in [-0.2, 0) is 11.3 Å². The first-order chi connectivity index (χ1) is 9.17. The lowest BCUT2D eigenvalue weighted by Gasteiger charge is -2.17. The number of amides is 1. The Balaban J connectivity index is 2.55. The van der Waals surface area contributed by atoms with Crippen LogP contribution in [0, 0.1) is 11.8 Å². The first-order valence-electron chi connectivity index (χ1n) is 6.69. The summed E-state index contributed by atoms with van der Waals surface area (Å²) >= 11 is 0. The Morgan fingerprint density at radius 2 is 2.00 bits per heavy atom. The summed E-state index contributed by atoms with van der Waals surface area (Å²) in [5.74, 6) is 6.00. The predicted octanol–water partition coefficient (Wildman–Crippen LogP) is 2.15. The fourth-order valence-electron chi connectivity index (χ4n) is 1.73. The van der Waals surface area contributed by atoms with Crippen LogP contribution in [0.3, 0.4) is 0 Å². The quantitative estimate of drug-likeness (QED) is 0.823. The van der Waals surface area contributed by atoms with Crippen molar-refractivity contribution in [2.24, 2.45) is 5.73 Å². The Morgan fingerprint density at radius 1 is 1.32 bits per heavy atom. The minimum atomic E-state index is 0.203. The number of nitrogens with zero attached hydrogens (tertiary/aromatic N) is 1. The third-order valence-electron chi connectivity index (χ3n) is 2.88. The van der Waals surface area contributed by atoms with Crippen molar-refractivity contribution in [1.29, 1.82) is 0 Å². The average molecular weight is 258 g/mol. The van der Waals surface area contributed by atoms with Gasteiger partial charge in [-0.15, -0.1) is 0 Å². The van der Waals surface area contributed by atoms with Crippen molar-refractivity contribution in [2.75, 3.05) is 13.6 Å². The largest absolute Gasteiger partial charge is 0.341 e. The zero-order valence-corrected chi connectivity index (χ0v) is 11.8. The van der Waals surface area contributed by atoms with Gasteiger partial charge in [0.2, 0.25) is 5.91 Å². The highest BCUT2D eigenvalue weighted by molar-refractivity contribution is 5.75. The maximum atomic E-state index is 11.8. The second kappa shape index (κ2) is 8.34. The highest BCUT2D eigenvalue weighted by atomic mass is 16.2. The number of hydrogen-bond donors (Lipinski definition) is 1. The first-order valence-corrected chi connectivity index (χ1v) is 6.69. The van der Waals surface area contributed by atoms with Gasteiger partial charge in [0.15, 0.2) is 0 Å². The van der Waals surface area contributed by atoms with Gasteiger partial charge in [0.25, 0.3) is 0 Å². The summed E-state index contributed by atoms with van der Waals surface area (Å²) in [6, 6.07) is 7.93. The molecule has 0 aliphatic carbocycles. The topological polar surface area (TPSA) is 46.3 Å². The highest BCUT2D eigenvalue weighted by Crippen LogP contribution is 2.08. The van der Waals surface area contributed by atoms with Crippen molar-refractivity contribution in [3.8, 4) is 11.8 Å². The van der Waals surface area contributed by atoms with E-state index in [4.69, 9.17) is 5.73 Å². The van der Waals surface area contributed by atoms with Crippen molar-refractivity contribution < 1.29 is 4.79 Å². The second-order valence-electron chi connectivity index (χ2n) is 4.56. The molecule has 1 aromatic rings. The summed E-state index contributed by atoms with van der Waals surface area (Å²) in [5.41, 5.74) is 7.40. The number of unbranched alkanes of at least 4 members (excludes halogenated alkanes) is 1. The van der Waals surface area contributed by atoms with Crippen molar-refractivity contribution >= 4 is 5.91 Å². The average Bonchev–Trinajstić information content (AvgIpc) is 2.43. The summed E-state index contributed by atoms with van der Waals surface area (Å²) in [5, 5.41) is 0. The number of nitrogens with two attached hydrogens (primary N) is 1. The summed E-state index contributed by atoms with van der Waals surface area (Å²) in [4.78, 5) is 13.6. The highest BCUT2D eigenvalue weighted by Gasteiger charge is 2.08. The van der Waals surface area contributed by atoms with Crippen molar-refractivity contribution in [1.82, 2.24) is 4.90 Å². The van der Waals surface area contributed by atoms with Crippen molar-refractivity contribution in [3.05, 3.63) is 35.4 Å². The molecule has 0 radical (unpaired) electrons. The molecule has 0 spiro atoms. The zero-order valence-electron chi connectivity index (χ0n) is 11.8. The number of carbonyl (C=O) groups excluding carboxylic acids is 1. The molecular formula is C16H22N2O. The number of carbonyl (C=O) groups is 1. The van der Waals surface area contributed by atoms with Crippen LogP contribution in [0.2, 0.25) is 0 Å². The van der Waals surface area contributed by atoms with Gasteiger partial charge in [-0.2, -0.15) is 0 Å². The van der Waals surface area contributed by atoms with Gasteiger partial charge in [-0.05, 0) is 24.1 Å². The molecule has 0 bridgehead atoms. The molecule has 1 rings (SSSR count). The lowest BCUT2D eigenvalue weighted by atomic mass is 10.1. The van der Waals surface area contributed by atoms with E-state index in [2.05, 4.69) is 18.8 Å². The van der Waals surface area contributed by atoms with E-state index in [1.54, 1.807) is 4.90 Å². The second-order valence-corrected chi connectivity index (χ2v) is 4.56. The molecule has 0 unspecified atom stereocenters. The van der Waals surface area contributed by atoms with Gasteiger partial charge < -0.3 is 10.6 Å². The normalized spacial score (nSPS) is 9.63. The number of benzene rings is 1. The van der Waals surface area contributed by atoms with Gasteiger partial charge in [0.1, 0.15) is 0 Å². The molecule has 0 heterocycles. The van der Waals surface area contributed by atoms with E-state index >= 15 is 0 Å². The van der Waals surface area contributed by atoms with E-state index in [-0.39, 0.29) is 5.91 Å². The zero-order chi connectivity index (χ0) is 14.1. The maximum Gasteiger partial charge on any atom is 0.222 e. The molecule has 3 heteroatoms. The standard InChI is InChI=1S/C16H22N2O/c1-3-4-7-16(19)18(2)13-15-10-8-14(9-11-15)6-5-12-17/h8-11H,3-4,7,12-13,17H2,1-2H3. The molecule has 0 atom stereocenters. The van der Waals surface area contributed by atoms with Gasteiger partial charge in [-0.25, -0.2) is 0 Å². The molecule has 1 aromatic carbocycles. The summed E-state index contributed by atoms with van der Waals surface area (Å²) in [7, 11) is 1.85.